The summed E-state index contributed by atoms with van der Waals surface area (Å²) in [7, 11) is 0. The maximum Gasteiger partial charge on any atom is 0.204 e. The summed E-state index contributed by atoms with van der Waals surface area (Å²) in [6.45, 7) is 0.0290. The lowest BCUT2D eigenvalue weighted by molar-refractivity contribution is 0.301. The summed E-state index contributed by atoms with van der Waals surface area (Å²) >= 11 is 5.74. The zero-order valence-corrected chi connectivity index (χ0v) is 15.2. The van der Waals surface area contributed by atoms with Gasteiger partial charge in [0.05, 0.1) is 5.02 Å². The Labute approximate surface area is 166 Å². The van der Waals surface area contributed by atoms with Gasteiger partial charge >= 0.3 is 0 Å². The van der Waals surface area contributed by atoms with Crippen molar-refractivity contribution in [2.24, 2.45) is 0 Å². The van der Waals surface area contributed by atoms with Gasteiger partial charge in [-0.15, -0.1) is 10.2 Å². The van der Waals surface area contributed by atoms with Crippen LogP contribution in [-0.2, 0) is 6.54 Å². The highest BCUT2D eigenvalue weighted by atomic mass is 35.5. The van der Waals surface area contributed by atoms with Gasteiger partial charge < -0.3 is 5.32 Å². The summed E-state index contributed by atoms with van der Waals surface area (Å²) in [4.78, 5) is 1.24. The Balaban J connectivity index is 1.50. The molecule has 2 heterocycles. The number of hydrogen-bond acceptors (Lipinski definition) is 7. The Morgan fingerprint density at radius 3 is 2.69 bits per heavy atom. The van der Waals surface area contributed by atoms with Crippen LogP contribution >= 0.6 is 11.6 Å². The first-order valence-corrected chi connectivity index (χ1v) is 8.53. The minimum absolute atomic E-state index is 0.0290. The fourth-order valence-corrected chi connectivity index (χ4v) is 2.62. The molecular weight excluding hydrogens is 406 g/mol. The van der Waals surface area contributed by atoms with Crippen molar-refractivity contribution in [1.82, 2.24) is 30.5 Å². The van der Waals surface area contributed by atoms with Gasteiger partial charge in [0.15, 0.2) is 11.5 Å². The van der Waals surface area contributed by atoms with Crippen molar-refractivity contribution in [1.29, 1.82) is 5.41 Å². The molecule has 0 aliphatic rings. The van der Waals surface area contributed by atoms with Gasteiger partial charge in [0.1, 0.15) is 23.9 Å². The van der Waals surface area contributed by atoms with E-state index < -0.39 is 5.82 Å². The van der Waals surface area contributed by atoms with Crippen LogP contribution in [0.4, 0.5) is 14.5 Å². The highest BCUT2D eigenvalue weighted by Crippen LogP contribution is 2.20. The zero-order chi connectivity index (χ0) is 20.4. The van der Waals surface area contributed by atoms with Crippen molar-refractivity contribution in [2.75, 3.05) is 5.32 Å². The van der Waals surface area contributed by atoms with Crippen LogP contribution in [0.25, 0.3) is 11.4 Å². The number of rotatable bonds is 5. The molecule has 0 atom stereocenters. The van der Waals surface area contributed by atoms with Crippen LogP contribution in [0.15, 0.2) is 47.1 Å². The number of halogens is 3. The van der Waals surface area contributed by atoms with E-state index in [1.54, 1.807) is 0 Å². The lowest BCUT2D eigenvalue weighted by Crippen LogP contribution is -2.16. The first-order chi connectivity index (χ1) is 14.0. The first-order valence-electron chi connectivity index (χ1n) is 8.16. The summed E-state index contributed by atoms with van der Waals surface area (Å²) in [6.07, 6.45) is 0. The van der Waals surface area contributed by atoms with Gasteiger partial charge in [0, 0.05) is 11.3 Å². The molecule has 2 N–H and O–H groups in total. The van der Waals surface area contributed by atoms with Crippen molar-refractivity contribution in [3.63, 3.8) is 0 Å². The molecule has 29 heavy (non-hydrogen) atoms. The van der Waals surface area contributed by atoms with E-state index in [-0.39, 0.29) is 34.6 Å². The van der Waals surface area contributed by atoms with Crippen LogP contribution in [0, 0.1) is 17.0 Å². The van der Waals surface area contributed by atoms with Crippen LogP contribution in [-0.4, -0.2) is 36.4 Å². The maximum absolute atomic E-state index is 13.3. The third-order valence-corrected chi connectivity index (χ3v) is 4.12. The Morgan fingerprint density at radius 1 is 1.14 bits per heavy atom. The Morgan fingerprint density at radius 2 is 1.93 bits per heavy atom. The molecule has 4 rings (SSSR count). The Hall–Kier alpha value is -3.73. The standard InChI is InChI=1S/C17H11ClF2N8O/c18-12-7-11(5-6-13(12)20)22-16(21)15-14(25-29-26-15)8-28-24-17(23-27-28)9-1-3-10(19)4-2-9/h1-7H,8H2,(H2,21,22). The van der Waals surface area contributed by atoms with Gasteiger partial charge in [-0.1, -0.05) is 16.8 Å². The molecule has 146 valence electrons. The van der Waals surface area contributed by atoms with Gasteiger partial charge in [0.2, 0.25) is 5.82 Å². The van der Waals surface area contributed by atoms with E-state index in [4.69, 9.17) is 21.6 Å². The van der Waals surface area contributed by atoms with Crippen molar-refractivity contribution in [3.8, 4) is 11.4 Å². The highest BCUT2D eigenvalue weighted by molar-refractivity contribution is 6.31. The van der Waals surface area contributed by atoms with Crippen LogP contribution in [0.5, 0.6) is 0 Å². The Bertz CT molecular complexity index is 1170. The molecule has 0 spiro atoms. The van der Waals surface area contributed by atoms with E-state index in [0.717, 1.165) is 0 Å². The maximum atomic E-state index is 13.3. The average molecular weight is 417 g/mol. The molecule has 12 heteroatoms. The van der Waals surface area contributed by atoms with E-state index in [0.29, 0.717) is 17.1 Å². The van der Waals surface area contributed by atoms with Crippen LogP contribution in [0.1, 0.15) is 11.4 Å². The molecular formula is C17H11ClF2N8O. The molecule has 0 bridgehead atoms. The van der Waals surface area contributed by atoms with Crippen molar-refractivity contribution < 1.29 is 13.4 Å². The first kappa shape index (κ1) is 18.6. The Kier molecular flexibility index (Phi) is 4.96. The number of tetrazole rings is 1. The second-order valence-corrected chi connectivity index (χ2v) is 6.25. The summed E-state index contributed by atoms with van der Waals surface area (Å²) in [6, 6.07) is 9.61. The van der Waals surface area contributed by atoms with Gasteiger partial charge in [-0.3, -0.25) is 5.41 Å². The molecule has 0 saturated carbocycles. The fourth-order valence-electron chi connectivity index (χ4n) is 2.44. The zero-order valence-electron chi connectivity index (χ0n) is 14.5. The van der Waals surface area contributed by atoms with E-state index in [1.807, 2.05) is 0 Å². The number of amidine groups is 1. The molecule has 0 aliphatic heterocycles. The normalized spacial score (nSPS) is 10.9. The number of nitrogens with one attached hydrogen (secondary N) is 2. The molecule has 0 fully saturated rings. The van der Waals surface area contributed by atoms with Gasteiger partial charge in [0.25, 0.3) is 0 Å². The van der Waals surface area contributed by atoms with E-state index in [2.05, 4.69) is 31.0 Å². The summed E-state index contributed by atoms with van der Waals surface area (Å²) in [5.74, 6) is -0.769. The number of anilines is 1. The van der Waals surface area contributed by atoms with Gasteiger partial charge in [-0.2, -0.15) is 4.80 Å². The number of nitrogens with zero attached hydrogens (tertiary/aromatic N) is 6. The van der Waals surface area contributed by atoms with Crippen LogP contribution in [0.3, 0.4) is 0 Å². The van der Waals surface area contributed by atoms with Gasteiger partial charge in [-0.25, -0.2) is 13.4 Å². The predicted octanol–water partition coefficient (Wildman–Crippen LogP) is 3.14. The molecule has 0 saturated heterocycles. The molecule has 0 amide bonds. The quantitative estimate of drug-likeness (QED) is 0.379. The van der Waals surface area contributed by atoms with E-state index in [1.165, 1.54) is 47.3 Å². The monoisotopic (exact) mass is 416 g/mol. The lowest BCUT2D eigenvalue weighted by atomic mass is 10.2. The summed E-state index contributed by atoms with van der Waals surface area (Å²) < 4.78 is 31.0. The average Bonchev–Trinajstić information content (AvgIpc) is 3.35. The molecule has 0 aliphatic carbocycles. The third-order valence-electron chi connectivity index (χ3n) is 3.83. The molecule has 0 radical (unpaired) electrons. The second kappa shape index (κ2) is 7.72. The fraction of sp³-hybridized carbons (Fsp3) is 0.0588. The van der Waals surface area contributed by atoms with Crippen molar-refractivity contribution in [2.45, 2.75) is 6.54 Å². The number of aromatic nitrogens is 6. The second-order valence-electron chi connectivity index (χ2n) is 5.84. The van der Waals surface area contributed by atoms with E-state index >= 15 is 0 Å². The topological polar surface area (TPSA) is 118 Å². The molecule has 2 aromatic carbocycles. The van der Waals surface area contributed by atoms with Crippen LogP contribution in [0.2, 0.25) is 5.02 Å². The minimum atomic E-state index is -0.568. The summed E-state index contributed by atoms with van der Waals surface area (Å²) in [5.41, 5.74) is 1.39. The largest absolute Gasteiger partial charge is 0.339 e. The predicted molar refractivity (Wildman–Crippen MR) is 98.5 cm³/mol. The SMILES string of the molecule is N=C(Nc1ccc(F)c(Cl)c1)c1nonc1Cn1nnc(-c2ccc(F)cc2)n1. The third kappa shape index (κ3) is 4.09. The van der Waals surface area contributed by atoms with Crippen molar-refractivity contribution in [3.05, 3.63) is 70.5 Å². The van der Waals surface area contributed by atoms with Crippen molar-refractivity contribution >= 4 is 23.1 Å². The van der Waals surface area contributed by atoms with E-state index in [9.17, 15) is 8.78 Å². The van der Waals surface area contributed by atoms with Crippen LogP contribution < -0.4 is 5.32 Å². The van der Waals surface area contributed by atoms with Gasteiger partial charge in [-0.05, 0) is 52.8 Å². The summed E-state index contributed by atoms with van der Waals surface area (Å²) in [5, 5.41) is 30.3. The molecule has 4 aromatic rings. The number of benzene rings is 2. The number of hydrogen-bond donors (Lipinski definition) is 2. The molecule has 0 unspecified atom stereocenters. The smallest absolute Gasteiger partial charge is 0.204 e. The minimum Gasteiger partial charge on any atom is -0.339 e. The lowest BCUT2D eigenvalue weighted by Gasteiger charge is -2.07. The highest BCUT2D eigenvalue weighted by Gasteiger charge is 2.18. The molecule has 9 nitrogen and oxygen atoms in total. The molecule has 2 aromatic heterocycles.